The van der Waals surface area contributed by atoms with Gasteiger partial charge in [0.25, 0.3) is 0 Å². The van der Waals surface area contributed by atoms with Crippen LogP contribution in [0.5, 0.6) is 5.75 Å². The lowest BCUT2D eigenvalue weighted by Crippen LogP contribution is -2.17. The van der Waals surface area contributed by atoms with Crippen LogP contribution >= 0.6 is 23.2 Å². The minimum atomic E-state index is -4.78. The lowest BCUT2D eigenvalue weighted by molar-refractivity contribution is -0.274. The van der Waals surface area contributed by atoms with Gasteiger partial charge in [-0.2, -0.15) is 0 Å². The molecule has 0 aromatic carbocycles. The monoisotopic (exact) mass is 231 g/mol. The van der Waals surface area contributed by atoms with Gasteiger partial charge in [-0.3, -0.25) is 0 Å². The van der Waals surface area contributed by atoms with E-state index in [0.29, 0.717) is 0 Å². The Labute approximate surface area is 81.2 Å². The zero-order valence-electron chi connectivity index (χ0n) is 5.90. The van der Waals surface area contributed by atoms with Crippen LogP contribution < -0.4 is 4.74 Å². The number of hydrogen-bond donors (Lipinski definition) is 0. The van der Waals surface area contributed by atoms with E-state index in [1.54, 1.807) is 0 Å². The molecule has 0 saturated carbocycles. The van der Waals surface area contributed by atoms with Crippen molar-refractivity contribution in [2.24, 2.45) is 0 Å². The van der Waals surface area contributed by atoms with E-state index in [0.717, 1.165) is 12.3 Å². The summed E-state index contributed by atoms with van der Waals surface area (Å²) in [5.41, 5.74) is 0. The summed E-state index contributed by atoms with van der Waals surface area (Å²) in [7, 11) is 0. The van der Waals surface area contributed by atoms with Gasteiger partial charge in [0.1, 0.15) is 5.15 Å². The molecule has 0 amide bonds. The SMILES string of the molecule is FC(F)(F)Oc1cnc(Cl)cc1Cl. The standard InChI is InChI=1S/C6H2Cl2F3NO/c7-3-1-5(8)12-2-4(3)13-6(9,10)11/h1-2H. The number of hydrogen-bond acceptors (Lipinski definition) is 2. The highest BCUT2D eigenvalue weighted by Crippen LogP contribution is 2.30. The van der Waals surface area contributed by atoms with Crippen molar-refractivity contribution in [1.29, 1.82) is 0 Å². The highest BCUT2D eigenvalue weighted by molar-refractivity contribution is 6.34. The molecule has 0 bridgehead atoms. The summed E-state index contributed by atoms with van der Waals surface area (Å²) in [6, 6.07) is 1.06. The van der Waals surface area contributed by atoms with Crippen LogP contribution in [0.3, 0.4) is 0 Å². The van der Waals surface area contributed by atoms with Crippen LogP contribution in [0.4, 0.5) is 13.2 Å². The first kappa shape index (κ1) is 10.4. The number of rotatable bonds is 1. The molecule has 0 saturated heterocycles. The van der Waals surface area contributed by atoms with Crippen LogP contribution in [0.1, 0.15) is 0 Å². The third-order valence-corrected chi connectivity index (χ3v) is 1.51. The van der Waals surface area contributed by atoms with Crippen molar-refractivity contribution >= 4 is 23.2 Å². The average Bonchev–Trinajstić information content (AvgIpc) is 1.93. The van der Waals surface area contributed by atoms with Gasteiger partial charge < -0.3 is 4.74 Å². The Morgan fingerprint density at radius 3 is 2.38 bits per heavy atom. The van der Waals surface area contributed by atoms with Crippen molar-refractivity contribution in [3.05, 3.63) is 22.4 Å². The average molecular weight is 232 g/mol. The summed E-state index contributed by atoms with van der Waals surface area (Å²) < 4.78 is 38.6. The van der Waals surface area contributed by atoms with Gasteiger partial charge >= 0.3 is 6.36 Å². The molecule has 1 heterocycles. The zero-order valence-corrected chi connectivity index (χ0v) is 7.41. The van der Waals surface area contributed by atoms with E-state index in [9.17, 15) is 13.2 Å². The number of pyridine rings is 1. The normalized spacial score (nSPS) is 11.5. The van der Waals surface area contributed by atoms with Gasteiger partial charge in [-0.25, -0.2) is 4.98 Å². The second kappa shape index (κ2) is 3.59. The lowest BCUT2D eigenvalue weighted by atomic mass is 10.4. The topological polar surface area (TPSA) is 22.1 Å². The molecule has 1 rings (SSSR count). The Balaban J connectivity index is 2.90. The maximum atomic E-state index is 11.7. The minimum Gasteiger partial charge on any atom is -0.403 e. The van der Waals surface area contributed by atoms with E-state index in [2.05, 4.69) is 9.72 Å². The van der Waals surface area contributed by atoms with Crippen molar-refractivity contribution in [1.82, 2.24) is 4.98 Å². The van der Waals surface area contributed by atoms with Crippen LogP contribution in [-0.2, 0) is 0 Å². The maximum absolute atomic E-state index is 11.7. The highest BCUT2D eigenvalue weighted by Gasteiger charge is 2.32. The molecule has 0 aliphatic carbocycles. The van der Waals surface area contributed by atoms with Crippen molar-refractivity contribution in [2.75, 3.05) is 0 Å². The third-order valence-electron chi connectivity index (χ3n) is 1.01. The summed E-state index contributed by atoms with van der Waals surface area (Å²) >= 11 is 10.7. The van der Waals surface area contributed by atoms with Crippen molar-refractivity contribution in [3.8, 4) is 5.75 Å². The first-order valence-electron chi connectivity index (χ1n) is 2.95. The van der Waals surface area contributed by atoms with Crippen molar-refractivity contribution in [3.63, 3.8) is 0 Å². The summed E-state index contributed by atoms with van der Waals surface area (Å²) in [4.78, 5) is 3.38. The summed E-state index contributed by atoms with van der Waals surface area (Å²) in [5, 5.41) is -0.239. The fraction of sp³-hybridized carbons (Fsp3) is 0.167. The molecule has 0 atom stereocenters. The summed E-state index contributed by atoms with van der Waals surface area (Å²) in [5.74, 6) is -0.571. The second-order valence-corrected chi connectivity index (χ2v) is 2.78. The number of aromatic nitrogens is 1. The molecule has 13 heavy (non-hydrogen) atoms. The van der Waals surface area contributed by atoms with Crippen molar-refractivity contribution in [2.45, 2.75) is 6.36 Å². The highest BCUT2D eigenvalue weighted by atomic mass is 35.5. The predicted octanol–water partition coefficient (Wildman–Crippen LogP) is 3.29. The van der Waals surface area contributed by atoms with Crippen LogP contribution in [0.15, 0.2) is 12.3 Å². The fourth-order valence-electron chi connectivity index (χ4n) is 0.595. The molecule has 0 spiro atoms. The minimum absolute atomic E-state index is 0.000440. The number of halogens is 5. The van der Waals surface area contributed by atoms with Crippen LogP contribution in [-0.4, -0.2) is 11.3 Å². The summed E-state index contributed by atoms with van der Waals surface area (Å²) in [6.45, 7) is 0. The Morgan fingerprint density at radius 1 is 1.31 bits per heavy atom. The quantitative estimate of drug-likeness (QED) is 0.693. The van der Waals surface area contributed by atoms with E-state index in [1.807, 2.05) is 0 Å². The van der Waals surface area contributed by atoms with Gasteiger partial charge in [0.2, 0.25) is 0 Å². The van der Waals surface area contributed by atoms with E-state index in [1.165, 1.54) is 0 Å². The van der Waals surface area contributed by atoms with Gasteiger partial charge in [-0.1, -0.05) is 23.2 Å². The van der Waals surface area contributed by atoms with Crippen LogP contribution in [0.2, 0.25) is 10.2 Å². The molecule has 0 fully saturated rings. The molecule has 2 nitrogen and oxygen atoms in total. The Kier molecular flexibility index (Phi) is 2.87. The Morgan fingerprint density at radius 2 is 1.92 bits per heavy atom. The Bertz CT molecular complexity index is 315. The molecule has 1 aromatic heterocycles. The van der Waals surface area contributed by atoms with E-state index >= 15 is 0 Å². The van der Waals surface area contributed by atoms with Gasteiger partial charge in [-0.15, -0.1) is 13.2 Å². The largest absolute Gasteiger partial charge is 0.573 e. The number of nitrogens with zero attached hydrogens (tertiary/aromatic N) is 1. The molecule has 0 aliphatic heterocycles. The lowest BCUT2D eigenvalue weighted by Gasteiger charge is -2.09. The molecule has 72 valence electrons. The first-order valence-corrected chi connectivity index (χ1v) is 3.71. The molecular weight excluding hydrogens is 230 g/mol. The third kappa shape index (κ3) is 3.28. The molecule has 0 aliphatic rings. The predicted molar refractivity (Wildman–Crippen MR) is 40.9 cm³/mol. The van der Waals surface area contributed by atoms with Crippen LogP contribution in [0.25, 0.3) is 0 Å². The van der Waals surface area contributed by atoms with Gasteiger partial charge in [0, 0.05) is 0 Å². The van der Waals surface area contributed by atoms with E-state index < -0.39 is 12.1 Å². The first-order chi connectivity index (χ1) is 5.88. The Hall–Kier alpha value is -0.680. The molecule has 7 heteroatoms. The maximum Gasteiger partial charge on any atom is 0.573 e. The van der Waals surface area contributed by atoms with Crippen LogP contribution in [0, 0.1) is 0 Å². The molecule has 0 unspecified atom stereocenters. The molecule has 0 radical (unpaired) electrons. The summed E-state index contributed by atoms with van der Waals surface area (Å²) in [6.07, 6.45) is -3.97. The fourth-order valence-corrected chi connectivity index (χ4v) is 0.999. The van der Waals surface area contributed by atoms with Gasteiger partial charge in [-0.05, 0) is 6.07 Å². The van der Waals surface area contributed by atoms with E-state index in [4.69, 9.17) is 23.2 Å². The molecule has 0 N–H and O–H groups in total. The molecular formula is C6H2Cl2F3NO. The number of ether oxygens (including phenoxy) is 1. The smallest absolute Gasteiger partial charge is 0.403 e. The number of alkyl halides is 3. The van der Waals surface area contributed by atoms with E-state index in [-0.39, 0.29) is 10.2 Å². The van der Waals surface area contributed by atoms with Gasteiger partial charge in [0.15, 0.2) is 5.75 Å². The second-order valence-electron chi connectivity index (χ2n) is 1.99. The van der Waals surface area contributed by atoms with Gasteiger partial charge in [0.05, 0.1) is 11.2 Å². The zero-order chi connectivity index (χ0) is 10.1. The van der Waals surface area contributed by atoms with Crippen molar-refractivity contribution < 1.29 is 17.9 Å². The molecule has 1 aromatic rings.